The molecule has 0 bridgehead atoms. The van der Waals surface area contributed by atoms with E-state index in [1.165, 1.54) is 12.3 Å². The zero-order valence-electron chi connectivity index (χ0n) is 12.2. The minimum Gasteiger partial charge on any atom is -0.502 e. The van der Waals surface area contributed by atoms with Crippen molar-refractivity contribution in [3.8, 4) is 5.75 Å². The molecule has 5 nitrogen and oxygen atoms in total. The topological polar surface area (TPSA) is 68.7 Å². The summed E-state index contributed by atoms with van der Waals surface area (Å²) in [5, 5.41) is 9.54. The Kier molecular flexibility index (Phi) is 5.54. The first-order valence-electron chi connectivity index (χ1n) is 6.89. The Morgan fingerprint density at radius 1 is 1.23 bits per heavy atom. The molecule has 0 unspecified atom stereocenters. The van der Waals surface area contributed by atoms with Crippen LogP contribution in [0, 0.1) is 0 Å². The van der Waals surface area contributed by atoms with Crippen LogP contribution in [0.4, 0.5) is 0 Å². The van der Waals surface area contributed by atoms with Crippen molar-refractivity contribution in [2.75, 3.05) is 6.61 Å². The van der Waals surface area contributed by atoms with Gasteiger partial charge in [0.2, 0.25) is 5.76 Å². The number of esters is 1. The second-order valence-corrected chi connectivity index (χ2v) is 4.44. The van der Waals surface area contributed by atoms with Gasteiger partial charge in [-0.15, -0.1) is 0 Å². The molecule has 0 aliphatic carbocycles. The van der Waals surface area contributed by atoms with Crippen LogP contribution in [0.15, 0.2) is 54.4 Å². The van der Waals surface area contributed by atoms with Crippen LogP contribution in [0.5, 0.6) is 5.75 Å². The number of benzene rings is 1. The van der Waals surface area contributed by atoms with Gasteiger partial charge in [-0.05, 0) is 24.6 Å². The van der Waals surface area contributed by atoms with Gasteiger partial charge in [0, 0.05) is 6.08 Å². The number of carbonyl (C=O) groups is 1. The summed E-state index contributed by atoms with van der Waals surface area (Å²) in [6.45, 7) is 2.32. The lowest BCUT2D eigenvalue weighted by Gasteiger charge is -2.06. The number of carbonyl (C=O) groups excluding carboxylic acids is 1. The molecule has 1 heterocycles. The van der Waals surface area contributed by atoms with Crippen molar-refractivity contribution in [1.29, 1.82) is 0 Å². The number of ether oxygens (including phenoxy) is 2. The molecule has 0 saturated heterocycles. The number of rotatable bonds is 6. The van der Waals surface area contributed by atoms with Gasteiger partial charge in [0.1, 0.15) is 12.4 Å². The summed E-state index contributed by atoms with van der Waals surface area (Å²) in [6.07, 6.45) is 2.78. The molecule has 1 aromatic heterocycles. The predicted octanol–water partition coefficient (Wildman–Crippen LogP) is 3.12. The quantitative estimate of drug-likeness (QED) is 0.504. The van der Waals surface area contributed by atoms with E-state index < -0.39 is 11.7 Å². The van der Waals surface area contributed by atoms with E-state index in [2.05, 4.69) is 9.72 Å². The lowest BCUT2D eigenvalue weighted by Crippen LogP contribution is -2.06. The van der Waals surface area contributed by atoms with Gasteiger partial charge in [0.05, 0.1) is 18.5 Å². The summed E-state index contributed by atoms with van der Waals surface area (Å²) in [5.41, 5.74) is 1.50. The van der Waals surface area contributed by atoms with Crippen LogP contribution in [0.1, 0.15) is 18.2 Å². The molecule has 114 valence electrons. The van der Waals surface area contributed by atoms with E-state index in [1.807, 2.05) is 30.3 Å². The molecule has 0 spiro atoms. The van der Waals surface area contributed by atoms with Gasteiger partial charge in [-0.3, -0.25) is 4.98 Å². The largest absolute Gasteiger partial charge is 0.502 e. The van der Waals surface area contributed by atoms with E-state index in [0.717, 1.165) is 5.56 Å². The smallest absolute Gasteiger partial charge is 0.373 e. The highest BCUT2D eigenvalue weighted by Gasteiger charge is 2.08. The number of aliphatic hydroxyl groups excluding tert-OH is 1. The number of hydrogen-bond donors (Lipinski definition) is 1. The Morgan fingerprint density at radius 3 is 2.64 bits per heavy atom. The molecule has 1 N–H and O–H groups in total. The Morgan fingerprint density at radius 2 is 2.00 bits per heavy atom. The third kappa shape index (κ3) is 4.63. The summed E-state index contributed by atoms with van der Waals surface area (Å²) in [6, 6.07) is 13.2. The Labute approximate surface area is 128 Å². The number of hydrogen-bond acceptors (Lipinski definition) is 5. The SMILES string of the molecule is CCOC(=O)/C(O)=C/c1ccc(OCc2ccccc2)cn1. The van der Waals surface area contributed by atoms with Crippen molar-refractivity contribution in [2.24, 2.45) is 0 Å². The summed E-state index contributed by atoms with van der Waals surface area (Å²) in [4.78, 5) is 15.4. The van der Waals surface area contributed by atoms with E-state index in [4.69, 9.17) is 4.74 Å². The molecule has 5 heteroatoms. The first-order chi connectivity index (χ1) is 10.7. The van der Waals surface area contributed by atoms with Gasteiger partial charge in [0.25, 0.3) is 0 Å². The van der Waals surface area contributed by atoms with Crippen LogP contribution in [-0.4, -0.2) is 22.7 Å². The molecule has 0 radical (unpaired) electrons. The molecule has 0 fully saturated rings. The van der Waals surface area contributed by atoms with E-state index in [1.54, 1.807) is 19.1 Å². The normalized spacial score (nSPS) is 11.0. The van der Waals surface area contributed by atoms with Crippen molar-refractivity contribution < 1.29 is 19.4 Å². The maximum atomic E-state index is 11.3. The van der Waals surface area contributed by atoms with Gasteiger partial charge < -0.3 is 14.6 Å². The maximum Gasteiger partial charge on any atom is 0.373 e. The van der Waals surface area contributed by atoms with Crippen LogP contribution in [0.2, 0.25) is 0 Å². The zero-order chi connectivity index (χ0) is 15.8. The molecule has 0 saturated carbocycles. The summed E-state index contributed by atoms with van der Waals surface area (Å²) >= 11 is 0. The number of nitrogens with zero attached hydrogens (tertiary/aromatic N) is 1. The van der Waals surface area contributed by atoms with Crippen LogP contribution < -0.4 is 4.74 Å². The molecule has 0 amide bonds. The second kappa shape index (κ2) is 7.83. The standard InChI is InChI=1S/C17H17NO4/c1-2-21-17(20)16(19)10-14-8-9-15(11-18-14)22-12-13-6-4-3-5-7-13/h3-11,19H,2,12H2,1H3/b16-10-. The van der Waals surface area contributed by atoms with Crippen molar-refractivity contribution in [3.05, 3.63) is 65.7 Å². The Bertz CT molecular complexity index is 635. The van der Waals surface area contributed by atoms with Crippen molar-refractivity contribution in [2.45, 2.75) is 13.5 Å². The highest BCUT2D eigenvalue weighted by Crippen LogP contribution is 2.13. The molecule has 1 aromatic carbocycles. The van der Waals surface area contributed by atoms with Crippen molar-refractivity contribution in [1.82, 2.24) is 4.98 Å². The summed E-state index contributed by atoms with van der Waals surface area (Å²) in [5.74, 6) is -0.641. The van der Waals surface area contributed by atoms with E-state index in [0.29, 0.717) is 18.1 Å². The highest BCUT2D eigenvalue weighted by molar-refractivity contribution is 5.90. The second-order valence-electron chi connectivity index (χ2n) is 4.44. The van der Waals surface area contributed by atoms with Gasteiger partial charge in [-0.2, -0.15) is 0 Å². The van der Waals surface area contributed by atoms with E-state index in [-0.39, 0.29) is 6.61 Å². The minimum absolute atomic E-state index is 0.205. The fourth-order valence-corrected chi connectivity index (χ4v) is 1.71. The molecule has 2 aromatic rings. The molecular weight excluding hydrogens is 282 g/mol. The van der Waals surface area contributed by atoms with Crippen molar-refractivity contribution >= 4 is 12.0 Å². The maximum absolute atomic E-state index is 11.3. The molecule has 0 atom stereocenters. The van der Waals surface area contributed by atoms with E-state index in [9.17, 15) is 9.90 Å². The third-order valence-corrected chi connectivity index (χ3v) is 2.78. The van der Waals surface area contributed by atoms with Gasteiger partial charge in [-0.1, -0.05) is 30.3 Å². The zero-order valence-corrected chi connectivity index (χ0v) is 12.2. The number of pyridine rings is 1. The van der Waals surface area contributed by atoms with E-state index >= 15 is 0 Å². The van der Waals surface area contributed by atoms with Crippen molar-refractivity contribution in [3.63, 3.8) is 0 Å². The number of aliphatic hydroxyl groups is 1. The highest BCUT2D eigenvalue weighted by atomic mass is 16.5. The fourth-order valence-electron chi connectivity index (χ4n) is 1.71. The first kappa shape index (κ1) is 15.6. The molecule has 2 rings (SSSR count). The lowest BCUT2D eigenvalue weighted by atomic mass is 10.2. The van der Waals surface area contributed by atoms with Crippen LogP contribution >= 0.6 is 0 Å². The predicted molar refractivity (Wildman–Crippen MR) is 82.2 cm³/mol. The van der Waals surface area contributed by atoms with Crippen LogP contribution in [0.25, 0.3) is 6.08 Å². The first-order valence-corrected chi connectivity index (χ1v) is 6.89. The monoisotopic (exact) mass is 299 g/mol. The van der Waals surface area contributed by atoms with Crippen LogP contribution in [0.3, 0.4) is 0 Å². The van der Waals surface area contributed by atoms with Gasteiger partial charge >= 0.3 is 5.97 Å². The molecule has 0 aliphatic heterocycles. The molecule has 0 aliphatic rings. The van der Waals surface area contributed by atoms with Gasteiger partial charge in [0.15, 0.2) is 0 Å². The average molecular weight is 299 g/mol. The summed E-state index contributed by atoms with van der Waals surface area (Å²) in [7, 11) is 0. The fraction of sp³-hybridized carbons (Fsp3) is 0.176. The average Bonchev–Trinajstić information content (AvgIpc) is 2.55. The van der Waals surface area contributed by atoms with Gasteiger partial charge in [-0.25, -0.2) is 4.79 Å². The third-order valence-electron chi connectivity index (χ3n) is 2.78. The lowest BCUT2D eigenvalue weighted by molar-refractivity contribution is -0.141. The van der Waals surface area contributed by atoms with Crippen LogP contribution in [-0.2, 0) is 16.1 Å². The minimum atomic E-state index is -0.770. The molecular formula is C17H17NO4. The Hall–Kier alpha value is -2.82. The Balaban J connectivity index is 1.95. The number of aromatic nitrogens is 1. The summed E-state index contributed by atoms with van der Waals surface area (Å²) < 4.78 is 10.3. The molecule has 22 heavy (non-hydrogen) atoms.